The maximum absolute atomic E-state index is 13.1. The zero-order chi connectivity index (χ0) is 29.3. The summed E-state index contributed by atoms with van der Waals surface area (Å²) in [7, 11) is -3.43. The first-order chi connectivity index (χ1) is 18.1. The number of nitrogens with one attached hydrogen (secondary N) is 1. The van der Waals surface area contributed by atoms with Crippen LogP contribution in [-0.4, -0.2) is 53.9 Å². The van der Waals surface area contributed by atoms with Gasteiger partial charge in [-0.2, -0.15) is 22.9 Å². The van der Waals surface area contributed by atoms with Gasteiger partial charge in [0.1, 0.15) is 10.9 Å². The number of nitrogens with zero attached hydrogens (tertiary/aromatic N) is 3. The van der Waals surface area contributed by atoms with Gasteiger partial charge in [-0.1, -0.05) is 41.3 Å². The Morgan fingerprint density at radius 1 is 1.23 bits per heavy atom. The number of thiazole rings is 1. The molecular formula is C22H23Cl2F3N4O6S2. The fraction of sp³-hybridized carbons (Fsp3) is 0.455. The first kappa shape index (κ1) is 31.2. The number of rotatable bonds is 10. The van der Waals surface area contributed by atoms with Gasteiger partial charge < -0.3 is 14.4 Å². The van der Waals surface area contributed by atoms with E-state index in [0.717, 1.165) is 17.4 Å². The van der Waals surface area contributed by atoms with Crippen molar-refractivity contribution in [2.75, 3.05) is 7.11 Å². The highest BCUT2D eigenvalue weighted by molar-refractivity contribution is 7.89. The molecule has 39 heavy (non-hydrogen) atoms. The summed E-state index contributed by atoms with van der Waals surface area (Å²) in [5, 5.41) is 13.2. The van der Waals surface area contributed by atoms with Crippen LogP contribution >= 0.6 is 34.5 Å². The molecule has 0 unspecified atom stereocenters. The molecule has 0 bridgehead atoms. The van der Waals surface area contributed by atoms with Crippen LogP contribution in [0.1, 0.15) is 38.8 Å². The maximum atomic E-state index is 13.1. The van der Waals surface area contributed by atoms with Gasteiger partial charge in [0.2, 0.25) is 21.7 Å². The lowest BCUT2D eigenvalue weighted by Crippen LogP contribution is -2.44. The number of benzene rings is 1. The minimum atomic E-state index is -4.81. The SMILES string of the molecule is CC[C@H](NS(=O)(=O)c1ccc(-c2sc(-c3noc(CC(C)(C)C(=O)OC)n3)nc2CO)c(Cl)c1Cl)C(F)(F)F. The van der Waals surface area contributed by atoms with Crippen LogP contribution in [0.5, 0.6) is 0 Å². The minimum absolute atomic E-state index is 0.0555. The van der Waals surface area contributed by atoms with E-state index in [9.17, 15) is 31.5 Å². The van der Waals surface area contributed by atoms with E-state index in [4.69, 9.17) is 32.5 Å². The molecule has 0 saturated carbocycles. The van der Waals surface area contributed by atoms with E-state index in [1.54, 1.807) is 18.6 Å². The second kappa shape index (κ2) is 11.7. The van der Waals surface area contributed by atoms with Gasteiger partial charge in [0.05, 0.1) is 39.7 Å². The van der Waals surface area contributed by atoms with Crippen molar-refractivity contribution < 1.29 is 40.8 Å². The van der Waals surface area contributed by atoms with Crippen LogP contribution in [0, 0.1) is 5.41 Å². The third-order valence-corrected chi connectivity index (χ3v) is 9.15. The molecule has 0 aliphatic carbocycles. The molecule has 0 aliphatic rings. The molecule has 2 aromatic heterocycles. The van der Waals surface area contributed by atoms with Crippen LogP contribution in [0.25, 0.3) is 21.3 Å². The molecule has 3 rings (SSSR count). The van der Waals surface area contributed by atoms with E-state index >= 15 is 0 Å². The third-order valence-electron chi connectivity index (χ3n) is 5.52. The lowest BCUT2D eigenvalue weighted by Gasteiger charge is -2.20. The molecule has 3 aromatic rings. The molecule has 2 N–H and O–H groups in total. The summed E-state index contributed by atoms with van der Waals surface area (Å²) in [5.74, 6) is -0.285. The number of carbonyl (C=O) groups excluding carboxylic acids is 1. The van der Waals surface area contributed by atoms with Gasteiger partial charge in [-0.15, -0.1) is 11.3 Å². The van der Waals surface area contributed by atoms with Gasteiger partial charge in [-0.3, -0.25) is 4.79 Å². The number of ether oxygens (including phenoxy) is 1. The number of halogens is 5. The van der Waals surface area contributed by atoms with Gasteiger partial charge in [0, 0.05) is 12.0 Å². The van der Waals surface area contributed by atoms with E-state index in [-0.39, 0.29) is 39.4 Å². The first-order valence-electron chi connectivity index (χ1n) is 11.1. The predicted molar refractivity (Wildman–Crippen MR) is 137 cm³/mol. The average Bonchev–Trinajstić information content (AvgIpc) is 3.49. The van der Waals surface area contributed by atoms with Gasteiger partial charge in [0.25, 0.3) is 0 Å². The summed E-state index contributed by atoms with van der Waals surface area (Å²) in [6.07, 6.45) is -5.26. The molecule has 10 nitrogen and oxygen atoms in total. The van der Waals surface area contributed by atoms with Crippen LogP contribution in [0.4, 0.5) is 13.2 Å². The number of sulfonamides is 1. The highest BCUT2D eigenvalue weighted by Crippen LogP contribution is 2.43. The van der Waals surface area contributed by atoms with E-state index in [1.165, 1.54) is 20.1 Å². The Balaban J connectivity index is 1.97. The number of methoxy groups -OCH3 is 1. The van der Waals surface area contributed by atoms with Crippen molar-refractivity contribution in [1.82, 2.24) is 19.8 Å². The Bertz CT molecular complexity index is 1470. The monoisotopic (exact) mass is 630 g/mol. The van der Waals surface area contributed by atoms with Crippen molar-refractivity contribution in [2.45, 2.75) is 57.3 Å². The summed E-state index contributed by atoms with van der Waals surface area (Å²) >= 11 is 13.5. The molecule has 214 valence electrons. The number of hydrogen-bond donors (Lipinski definition) is 2. The highest BCUT2D eigenvalue weighted by Gasteiger charge is 2.41. The average molecular weight is 631 g/mol. The normalized spacial score (nSPS) is 13.5. The minimum Gasteiger partial charge on any atom is -0.469 e. The fourth-order valence-corrected chi connectivity index (χ4v) is 6.71. The number of aliphatic hydroxyl groups is 1. The molecule has 1 atom stereocenters. The zero-order valence-electron chi connectivity index (χ0n) is 20.9. The quantitative estimate of drug-likeness (QED) is 0.295. The predicted octanol–water partition coefficient (Wildman–Crippen LogP) is 5.02. The van der Waals surface area contributed by atoms with Gasteiger partial charge >= 0.3 is 12.1 Å². The van der Waals surface area contributed by atoms with E-state index < -0.39 is 56.6 Å². The van der Waals surface area contributed by atoms with Crippen molar-refractivity contribution in [2.24, 2.45) is 5.41 Å². The molecule has 0 radical (unpaired) electrons. The zero-order valence-corrected chi connectivity index (χ0v) is 24.0. The Hall–Kier alpha value is -2.30. The smallest absolute Gasteiger partial charge is 0.404 e. The number of alkyl halides is 3. The van der Waals surface area contributed by atoms with Crippen LogP contribution in [0.3, 0.4) is 0 Å². The van der Waals surface area contributed by atoms with E-state index in [0.29, 0.717) is 4.88 Å². The maximum Gasteiger partial charge on any atom is 0.404 e. The van der Waals surface area contributed by atoms with Crippen molar-refractivity contribution in [3.8, 4) is 21.3 Å². The second-order valence-electron chi connectivity index (χ2n) is 8.88. The molecule has 0 fully saturated rings. The Kier molecular flexibility index (Phi) is 9.34. The lowest BCUT2D eigenvalue weighted by molar-refractivity contribution is -0.152. The Labute approximate surface area is 235 Å². The van der Waals surface area contributed by atoms with Crippen LogP contribution in [0.15, 0.2) is 21.6 Å². The second-order valence-corrected chi connectivity index (χ2v) is 12.3. The molecule has 0 saturated heterocycles. The van der Waals surface area contributed by atoms with Crippen molar-refractivity contribution >= 4 is 50.5 Å². The molecule has 0 spiro atoms. The first-order valence-corrected chi connectivity index (χ1v) is 14.2. The molecular weight excluding hydrogens is 608 g/mol. The van der Waals surface area contributed by atoms with Crippen molar-refractivity contribution in [3.63, 3.8) is 0 Å². The van der Waals surface area contributed by atoms with Gasteiger partial charge in [0.15, 0.2) is 5.01 Å². The summed E-state index contributed by atoms with van der Waals surface area (Å²) < 4.78 is 76.4. The number of aliphatic hydroxyl groups excluding tert-OH is 1. The molecule has 0 aliphatic heterocycles. The molecule has 2 heterocycles. The van der Waals surface area contributed by atoms with E-state index in [2.05, 4.69) is 15.1 Å². The van der Waals surface area contributed by atoms with Gasteiger partial charge in [-0.05, 0) is 26.3 Å². The Morgan fingerprint density at radius 2 is 1.90 bits per heavy atom. The largest absolute Gasteiger partial charge is 0.469 e. The van der Waals surface area contributed by atoms with Crippen LogP contribution < -0.4 is 4.72 Å². The lowest BCUT2D eigenvalue weighted by atomic mass is 9.89. The molecule has 1 aromatic carbocycles. The molecule has 17 heteroatoms. The number of aromatic nitrogens is 3. The summed E-state index contributed by atoms with van der Waals surface area (Å²) in [6.45, 7) is 3.92. The summed E-state index contributed by atoms with van der Waals surface area (Å²) in [6, 6.07) is -0.0642. The van der Waals surface area contributed by atoms with Crippen molar-refractivity contribution in [3.05, 3.63) is 33.8 Å². The topological polar surface area (TPSA) is 145 Å². The summed E-state index contributed by atoms with van der Waals surface area (Å²) in [4.78, 5) is 20.1. The standard InChI is InChI=1S/C22H23Cl2F3N4O6S2/c1-5-13(22(25,26)27)31-39(34,35)12-7-6-10(15(23)16(12)24)17-11(9-32)28-19(38-17)18-29-14(37-30-18)8-21(2,3)20(33)36-4/h6-7,13,31-32H,5,8-9H2,1-4H3/t13-/m0/s1. The van der Waals surface area contributed by atoms with Crippen LogP contribution in [-0.2, 0) is 32.6 Å². The third kappa shape index (κ3) is 6.72. The van der Waals surface area contributed by atoms with Crippen molar-refractivity contribution in [1.29, 1.82) is 0 Å². The Morgan fingerprint density at radius 3 is 2.46 bits per heavy atom. The fourth-order valence-electron chi connectivity index (χ4n) is 3.45. The number of carbonyl (C=O) groups is 1. The van der Waals surface area contributed by atoms with Gasteiger partial charge in [-0.25, -0.2) is 13.4 Å². The van der Waals surface area contributed by atoms with Crippen LogP contribution in [0.2, 0.25) is 10.0 Å². The summed E-state index contributed by atoms with van der Waals surface area (Å²) in [5.41, 5.74) is -0.640. The number of hydrogen-bond acceptors (Lipinski definition) is 10. The van der Waals surface area contributed by atoms with E-state index in [1.807, 2.05) is 0 Å². The number of esters is 1. The highest BCUT2D eigenvalue weighted by atomic mass is 35.5. The molecule has 0 amide bonds.